The van der Waals surface area contributed by atoms with Crippen LogP contribution in [0.5, 0.6) is 0 Å². The largest absolute Gasteiger partial charge is 0.369 e. The van der Waals surface area contributed by atoms with Crippen LogP contribution in [0.1, 0.15) is 30.6 Å². The van der Waals surface area contributed by atoms with Crippen molar-refractivity contribution in [2.75, 3.05) is 13.1 Å². The second-order valence-electron chi connectivity index (χ2n) is 4.94. The summed E-state index contributed by atoms with van der Waals surface area (Å²) in [5.41, 5.74) is 0.291. The van der Waals surface area contributed by atoms with E-state index >= 15 is 0 Å². The molecule has 0 saturated carbocycles. The van der Waals surface area contributed by atoms with Gasteiger partial charge in [0.25, 0.3) is 11.8 Å². The molecule has 1 N–H and O–H groups in total. The number of aromatic nitrogens is 2. The molecule has 0 bridgehead atoms. The number of carbonyl (C=O) groups excluding carboxylic acids is 1. The van der Waals surface area contributed by atoms with Gasteiger partial charge in [0.2, 0.25) is 0 Å². The second-order valence-corrected chi connectivity index (χ2v) is 4.94. The van der Waals surface area contributed by atoms with E-state index in [0.29, 0.717) is 5.56 Å². The molecule has 0 unspecified atom stereocenters. The van der Waals surface area contributed by atoms with Gasteiger partial charge in [-0.3, -0.25) is 9.89 Å². The van der Waals surface area contributed by atoms with E-state index in [9.17, 15) is 13.6 Å². The fourth-order valence-corrected chi connectivity index (χ4v) is 2.14. The third-order valence-corrected chi connectivity index (χ3v) is 3.00. The van der Waals surface area contributed by atoms with Crippen LogP contribution in [0.15, 0.2) is 12.4 Å². The summed E-state index contributed by atoms with van der Waals surface area (Å²) >= 11 is 0. The van der Waals surface area contributed by atoms with Gasteiger partial charge in [-0.15, -0.1) is 0 Å². The standard InChI is InChI=1S/C12H17F2N3O2/c1-8(2)19-10-3-4-17(7-12(10,13)14)11(18)9-5-15-16-6-9/h5-6,8,10H,3-4,7H2,1-2H3,(H,15,16)/t10-/m0/s1. The molecule has 2 rings (SSSR count). The molecule has 2 heterocycles. The normalized spacial score (nSPS) is 22.8. The average Bonchev–Trinajstić information content (AvgIpc) is 2.83. The van der Waals surface area contributed by atoms with Crippen LogP contribution in [0, 0.1) is 0 Å². The maximum Gasteiger partial charge on any atom is 0.290 e. The lowest BCUT2D eigenvalue weighted by Crippen LogP contribution is -2.54. The molecule has 1 aromatic rings. The fraction of sp³-hybridized carbons (Fsp3) is 0.667. The molecular weight excluding hydrogens is 256 g/mol. The Kier molecular flexibility index (Phi) is 3.84. The number of piperidine rings is 1. The van der Waals surface area contributed by atoms with Gasteiger partial charge in [-0.05, 0) is 20.3 Å². The lowest BCUT2D eigenvalue weighted by molar-refractivity contribution is -0.179. The predicted octanol–water partition coefficient (Wildman–Crippen LogP) is 1.68. The number of H-pyrrole nitrogens is 1. The molecule has 1 fully saturated rings. The topological polar surface area (TPSA) is 58.2 Å². The van der Waals surface area contributed by atoms with Gasteiger partial charge in [0.1, 0.15) is 6.10 Å². The number of likely N-dealkylation sites (tertiary alicyclic amines) is 1. The minimum absolute atomic E-state index is 0.134. The molecule has 7 heteroatoms. The highest BCUT2D eigenvalue weighted by atomic mass is 19.3. The van der Waals surface area contributed by atoms with Crippen molar-refractivity contribution in [3.05, 3.63) is 18.0 Å². The van der Waals surface area contributed by atoms with Gasteiger partial charge in [-0.2, -0.15) is 5.10 Å². The van der Waals surface area contributed by atoms with Gasteiger partial charge in [0.05, 0.1) is 24.4 Å². The summed E-state index contributed by atoms with van der Waals surface area (Å²) < 4.78 is 33.1. The lowest BCUT2D eigenvalue weighted by Gasteiger charge is -2.38. The van der Waals surface area contributed by atoms with Gasteiger partial charge < -0.3 is 9.64 Å². The third kappa shape index (κ3) is 3.09. The highest BCUT2D eigenvalue weighted by Gasteiger charge is 2.47. The van der Waals surface area contributed by atoms with Crippen LogP contribution in [-0.4, -0.2) is 52.2 Å². The van der Waals surface area contributed by atoms with Gasteiger partial charge >= 0.3 is 0 Å². The van der Waals surface area contributed by atoms with Crippen LogP contribution in [0.3, 0.4) is 0 Å². The molecule has 0 aromatic carbocycles. The van der Waals surface area contributed by atoms with E-state index in [-0.39, 0.29) is 19.1 Å². The first kappa shape index (κ1) is 13.9. The zero-order valence-corrected chi connectivity index (χ0v) is 10.9. The molecule has 1 atom stereocenters. The number of halogens is 2. The maximum atomic E-state index is 13.9. The maximum absolute atomic E-state index is 13.9. The summed E-state index contributed by atoms with van der Waals surface area (Å²) in [6.45, 7) is 3.09. The SMILES string of the molecule is CC(C)O[C@H]1CCN(C(=O)c2cn[nH]c2)CC1(F)F. The Morgan fingerprint density at radius 1 is 1.63 bits per heavy atom. The Morgan fingerprint density at radius 2 is 2.37 bits per heavy atom. The number of hydrogen-bond donors (Lipinski definition) is 1. The van der Waals surface area contributed by atoms with Crippen LogP contribution in [0.25, 0.3) is 0 Å². The van der Waals surface area contributed by atoms with E-state index in [2.05, 4.69) is 10.2 Å². The first-order valence-electron chi connectivity index (χ1n) is 6.21. The molecule has 0 radical (unpaired) electrons. The Balaban J connectivity index is 2.03. The number of alkyl halides is 2. The predicted molar refractivity (Wildman–Crippen MR) is 64.1 cm³/mol. The van der Waals surface area contributed by atoms with Crippen LogP contribution in [-0.2, 0) is 4.74 Å². The molecular formula is C12H17F2N3O2. The quantitative estimate of drug-likeness (QED) is 0.911. The number of carbonyl (C=O) groups is 1. The number of amides is 1. The van der Waals surface area contributed by atoms with Crippen molar-refractivity contribution in [1.29, 1.82) is 0 Å². The summed E-state index contributed by atoms with van der Waals surface area (Å²) in [4.78, 5) is 13.1. The molecule has 5 nitrogen and oxygen atoms in total. The van der Waals surface area contributed by atoms with Crippen molar-refractivity contribution in [3.8, 4) is 0 Å². The first-order chi connectivity index (χ1) is 8.90. The van der Waals surface area contributed by atoms with Crippen LogP contribution in [0.2, 0.25) is 0 Å². The third-order valence-electron chi connectivity index (χ3n) is 3.00. The summed E-state index contributed by atoms with van der Waals surface area (Å²) in [5.74, 6) is -3.46. The molecule has 0 spiro atoms. The van der Waals surface area contributed by atoms with Crippen molar-refractivity contribution in [3.63, 3.8) is 0 Å². The molecule has 1 amide bonds. The summed E-state index contributed by atoms with van der Waals surface area (Å²) in [6.07, 6.45) is 1.48. The zero-order valence-electron chi connectivity index (χ0n) is 10.9. The second kappa shape index (κ2) is 5.24. The van der Waals surface area contributed by atoms with Gasteiger partial charge in [0, 0.05) is 12.7 Å². The molecule has 1 aliphatic heterocycles. The number of rotatable bonds is 3. The van der Waals surface area contributed by atoms with Crippen molar-refractivity contribution in [2.24, 2.45) is 0 Å². The van der Waals surface area contributed by atoms with Gasteiger partial charge in [0.15, 0.2) is 0 Å². The average molecular weight is 273 g/mol. The number of nitrogens with one attached hydrogen (secondary N) is 1. The molecule has 1 saturated heterocycles. The fourth-order valence-electron chi connectivity index (χ4n) is 2.14. The van der Waals surface area contributed by atoms with Crippen LogP contribution in [0.4, 0.5) is 8.78 Å². The number of nitrogens with zero attached hydrogens (tertiary/aromatic N) is 2. The van der Waals surface area contributed by atoms with Crippen molar-refractivity contribution in [2.45, 2.75) is 38.4 Å². The molecule has 19 heavy (non-hydrogen) atoms. The Morgan fingerprint density at radius 3 is 2.89 bits per heavy atom. The summed E-state index contributed by atoms with van der Waals surface area (Å²) in [6, 6.07) is 0. The molecule has 1 aromatic heterocycles. The highest BCUT2D eigenvalue weighted by molar-refractivity contribution is 5.93. The summed E-state index contributed by atoms with van der Waals surface area (Å²) in [5, 5.41) is 6.14. The minimum Gasteiger partial charge on any atom is -0.369 e. The highest BCUT2D eigenvalue weighted by Crippen LogP contribution is 2.31. The van der Waals surface area contributed by atoms with Crippen molar-refractivity contribution < 1.29 is 18.3 Å². The zero-order chi connectivity index (χ0) is 14.0. The number of hydrogen-bond acceptors (Lipinski definition) is 3. The molecule has 106 valence electrons. The molecule has 1 aliphatic rings. The first-order valence-corrected chi connectivity index (χ1v) is 6.21. The number of ether oxygens (including phenoxy) is 1. The van der Waals surface area contributed by atoms with Crippen molar-refractivity contribution >= 4 is 5.91 Å². The smallest absolute Gasteiger partial charge is 0.290 e. The van der Waals surface area contributed by atoms with Gasteiger partial charge in [-0.25, -0.2) is 8.78 Å². The van der Waals surface area contributed by atoms with E-state index in [1.54, 1.807) is 13.8 Å². The Bertz CT molecular complexity index is 434. The van der Waals surface area contributed by atoms with E-state index in [1.807, 2.05) is 0 Å². The lowest BCUT2D eigenvalue weighted by atomic mass is 10.0. The molecule has 0 aliphatic carbocycles. The van der Waals surface area contributed by atoms with E-state index in [0.717, 1.165) is 4.90 Å². The van der Waals surface area contributed by atoms with E-state index in [1.165, 1.54) is 12.4 Å². The Labute approximate surface area is 109 Å². The monoisotopic (exact) mass is 273 g/mol. The Hall–Kier alpha value is -1.50. The van der Waals surface area contributed by atoms with Crippen molar-refractivity contribution in [1.82, 2.24) is 15.1 Å². The van der Waals surface area contributed by atoms with E-state index in [4.69, 9.17) is 4.74 Å². The number of aromatic amines is 1. The minimum atomic E-state index is -3.03. The van der Waals surface area contributed by atoms with Gasteiger partial charge in [-0.1, -0.05) is 0 Å². The van der Waals surface area contributed by atoms with E-state index < -0.39 is 24.5 Å². The van der Waals surface area contributed by atoms with Crippen LogP contribution < -0.4 is 0 Å². The summed E-state index contributed by atoms with van der Waals surface area (Å²) in [7, 11) is 0. The van der Waals surface area contributed by atoms with Crippen LogP contribution >= 0.6 is 0 Å².